The number of hydrogen-bond donors (Lipinski definition) is 0. The number of benzene rings is 1. The van der Waals surface area contributed by atoms with Crippen molar-refractivity contribution in [3.8, 4) is 5.75 Å². The van der Waals surface area contributed by atoms with Gasteiger partial charge in [-0.25, -0.2) is 4.98 Å². The highest BCUT2D eigenvalue weighted by molar-refractivity contribution is 6.30. The van der Waals surface area contributed by atoms with Gasteiger partial charge in [-0.1, -0.05) is 11.6 Å². The van der Waals surface area contributed by atoms with Gasteiger partial charge in [0, 0.05) is 41.5 Å². The van der Waals surface area contributed by atoms with Crippen LogP contribution in [0, 0.1) is 0 Å². The van der Waals surface area contributed by atoms with Gasteiger partial charge in [-0.2, -0.15) is 0 Å². The lowest BCUT2D eigenvalue weighted by atomic mass is 10.1. The average Bonchev–Trinajstić information content (AvgIpc) is 3.09. The van der Waals surface area contributed by atoms with E-state index in [2.05, 4.69) is 14.5 Å². The smallest absolute Gasteiger partial charge is 0.162 e. The Labute approximate surface area is 176 Å². The van der Waals surface area contributed by atoms with E-state index < -0.39 is 0 Å². The first-order valence-corrected chi connectivity index (χ1v) is 10.6. The zero-order valence-electron chi connectivity index (χ0n) is 16.7. The van der Waals surface area contributed by atoms with Crippen molar-refractivity contribution in [1.29, 1.82) is 0 Å². The highest BCUT2D eigenvalue weighted by atomic mass is 35.5. The fourth-order valence-corrected chi connectivity index (χ4v) is 4.18. The highest BCUT2D eigenvalue weighted by Crippen LogP contribution is 2.22. The van der Waals surface area contributed by atoms with Crippen LogP contribution in [0.5, 0.6) is 5.75 Å². The molecule has 1 atom stereocenters. The van der Waals surface area contributed by atoms with E-state index in [1.807, 2.05) is 42.6 Å². The Balaban J connectivity index is 1.33. The first-order chi connectivity index (χ1) is 14.1. The van der Waals surface area contributed by atoms with Crippen molar-refractivity contribution in [2.24, 2.45) is 0 Å². The Morgan fingerprint density at radius 1 is 1.24 bits per heavy atom. The lowest BCUT2D eigenvalue weighted by Crippen LogP contribution is -2.41. The van der Waals surface area contributed by atoms with Gasteiger partial charge in [0.15, 0.2) is 5.78 Å². The van der Waals surface area contributed by atoms with Crippen LogP contribution in [0.2, 0.25) is 5.02 Å². The molecule has 4 rings (SSSR count). The molecule has 1 saturated heterocycles. The maximum atomic E-state index is 11.9. The number of Topliss-reactive ketones (excluding diaryl/α,β-unsaturated/α-hetero) is 1. The topological polar surface area (TPSA) is 47.4 Å². The van der Waals surface area contributed by atoms with Crippen LogP contribution in [-0.2, 0) is 6.54 Å². The largest absolute Gasteiger partial charge is 0.489 e. The third-order valence-corrected chi connectivity index (χ3v) is 5.72. The lowest BCUT2D eigenvalue weighted by molar-refractivity contribution is 0.0871. The molecule has 1 unspecified atom stereocenters. The molecule has 0 aliphatic carbocycles. The molecule has 6 heteroatoms. The third kappa shape index (κ3) is 4.80. The molecule has 1 fully saturated rings. The number of nitrogens with zero attached hydrogens (tertiary/aromatic N) is 3. The number of ketones is 1. The van der Waals surface area contributed by atoms with Crippen LogP contribution in [0.25, 0.3) is 11.0 Å². The second kappa shape index (κ2) is 8.97. The monoisotopic (exact) mass is 411 g/mol. The van der Waals surface area contributed by atoms with Crippen molar-refractivity contribution in [3.05, 3.63) is 59.4 Å². The number of ether oxygens (including phenoxy) is 1. The van der Waals surface area contributed by atoms with Gasteiger partial charge in [-0.3, -0.25) is 9.69 Å². The predicted octanol–water partition coefficient (Wildman–Crippen LogP) is 4.83. The van der Waals surface area contributed by atoms with Gasteiger partial charge in [-0.15, -0.1) is 0 Å². The van der Waals surface area contributed by atoms with E-state index in [0.29, 0.717) is 0 Å². The number of carbonyl (C=O) groups excluding carboxylic acids is 1. The number of aromatic nitrogens is 2. The van der Waals surface area contributed by atoms with E-state index in [9.17, 15) is 4.79 Å². The molecular formula is C23H26ClN3O2. The first kappa shape index (κ1) is 19.9. The van der Waals surface area contributed by atoms with Gasteiger partial charge in [-0.05, 0) is 75.7 Å². The van der Waals surface area contributed by atoms with Crippen LogP contribution in [0.4, 0.5) is 0 Å². The number of hydrogen-bond acceptors (Lipinski definition) is 4. The molecule has 1 aliphatic rings. The molecule has 152 valence electrons. The van der Waals surface area contributed by atoms with Gasteiger partial charge in [0.05, 0.1) is 0 Å². The first-order valence-electron chi connectivity index (χ1n) is 10.2. The Morgan fingerprint density at radius 3 is 2.86 bits per heavy atom. The van der Waals surface area contributed by atoms with Crippen molar-refractivity contribution in [1.82, 2.24) is 14.5 Å². The van der Waals surface area contributed by atoms with Crippen LogP contribution >= 0.6 is 11.6 Å². The second-order valence-electron chi connectivity index (χ2n) is 7.66. The van der Waals surface area contributed by atoms with Crippen molar-refractivity contribution < 1.29 is 9.53 Å². The number of pyridine rings is 1. The number of fused-ring (bicyclic) bond motifs is 1. The molecular weight excluding hydrogens is 386 g/mol. The zero-order valence-corrected chi connectivity index (χ0v) is 17.4. The molecule has 0 radical (unpaired) electrons. The summed E-state index contributed by atoms with van der Waals surface area (Å²) in [5.41, 5.74) is 1.64. The maximum Gasteiger partial charge on any atom is 0.162 e. The lowest BCUT2D eigenvalue weighted by Gasteiger charge is -2.33. The molecule has 3 aromatic rings. The van der Waals surface area contributed by atoms with Crippen molar-refractivity contribution >= 4 is 28.4 Å². The number of likely N-dealkylation sites (tertiary alicyclic amines) is 1. The number of halogens is 1. The minimum absolute atomic E-state index is 0.0833. The molecule has 1 aromatic carbocycles. The standard InChI is InChI=1S/C23H26ClN3O2/c1-17(28)22-16-27(23-21(22)6-2-11-25-23)14-4-13-26-12-3-5-20(15-26)29-19-9-7-18(24)8-10-19/h2,6-11,16,20H,3-5,12-15H2,1H3. The number of piperidine rings is 1. The fraction of sp³-hybridized carbons (Fsp3) is 0.391. The summed E-state index contributed by atoms with van der Waals surface area (Å²) in [6, 6.07) is 11.4. The Morgan fingerprint density at radius 2 is 2.07 bits per heavy atom. The normalized spacial score (nSPS) is 17.5. The van der Waals surface area contributed by atoms with Gasteiger partial charge in [0.2, 0.25) is 0 Å². The summed E-state index contributed by atoms with van der Waals surface area (Å²) in [5, 5.41) is 1.66. The molecule has 3 heterocycles. The Kier molecular flexibility index (Phi) is 6.16. The van der Waals surface area contributed by atoms with E-state index in [4.69, 9.17) is 16.3 Å². The SMILES string of the molecule is CC(=O)c1cn(CCCN2CCCC(Oc3ccc(Cl)cc3)C2)c2ncccc12. The molecule has 5 nitrogen and oxygen atoms in total. The van der Waals surface area contributed by atoms with Gasteiger partial charge in [0.25, 0.3) is 0 Å². The van der Waals surface area contributed by atoms with E-state index in [0.717, 1.165) is 72.8 Å². The van der Waals surface area contributed by atoms with Crippen LogP contribution in [0.1, 0.15) is 36.5 Å². The van der Waals surface area contributed by atoms with Crippen molar-refractivity contribution in [3.63, 3.8) is 0 Å². The summed E-state index contributed by atoms with van der Waals surface area (Å²) in [6.07, 6.45) is 7.16. The fourth-order valence-electron chi connectivity index (χ4n) is 4.06. The molecule has 0 spiro atoms. The second-order valence-corrected chi connectivity index (χ2v) is 8.09. The summed E-state index contributed by atoms with van der Waals surface area (Å²) in [6.45, 7) is 5.50. The van der Waals surface area contributed by atoms with E-state index in [-0.39, 0.29) is 11.9 Å². The molecule has 0 N–H and O–H groups in total. The Bertz CT molecular complexity index is 983. The zero-order chi connectivity index (χ0) is 20.2. The predicted molar refractivity (Wildman–Crippen MR) is 116 cm³/mol. The molecule has 29 heavy (non-hydrogen) atoms. The van der Waals surface area contributed by atoms with Crippen molar-refractivity contribution in [2.75, 3.05) is 19.6 Å². The van der Waals surface area contributed by atoms with Crippen molar-refractivity contribution in [2.45, 2.75) is 38.8 Å². The van der Waals surface area contributed by atoms with E-state index in [1.165, 1.54) is 0 Å². The van der Waals surface area contributed by atoms with Crippen LogP contribution in [-0.4, -0.2) is 46.0 Å². The van der Waals surface area contributed by atoms with Gasteiger partial charge in [0.1, 0.15) is 17.5 Å². The summed E-state index contributed by atoms with van der Waals surface area (Å²) in [7, 11) is 0. The van der Waals surface area contributed by atoms with E-state index >= 15 is 0 Å². The van der Waals surface area contributed by atoms with Gasteiger partial charge < -0.3 is 9.30 Å². The maximum absolute atomic E-state index is 11.9. The molecule has 2 aromatic heterocycles. The quantitative estimate of drug-likeness (QED) is 0.522. The number of rotatable bonds is 7. The van der Waals surface area contributed by atoms with Crippen LogP contribution in [0.3, 0.4) is 0 Å². The number of aryl methyl sites for hydroxylation is 1. The molecule has 0 saturated carbocycles. The third-order valence-electron chi connectivity index (χ3n) is 5.47. The minimum atomic E-state index is 0.0833. The average molecular weight is 412 g/mol. The number of carbonyl (C=O) groups is 1. The van der Waals surface area contributed by atoms with E-state index in [1.54, 1.807) is 13.1 Å². The summed E-state index contributed by atoms with van der Waals surface area (Å²) in [4.78, 5) is 18.9. The Hall–Kier alpha value is -2.37. The minimum Gasteiger partial charge on any atom is -0.489 e. The van der Waals surface area contributed by atoms with Gasteiger partial charge >= 0.3 is 0 Å². The van der Waals surface area contributed by atoms with Crippen LogP contribution in [0.15, 0.2) is 48.8 Å². The summed E-state index contributed by atoms with van der Waals surface area (Å²) in [5.74, 6) is 0.961. The van der Waals surface area contributed by atoms with Crippen LogP contribution < -0.4 is 4.74 Å². The summed E-state index contributed by atoms with van der Waals surface area (Å²) >= 11 is 5.95. The molecule has 0 amide bonds. The molecule has 0 bridgehead atoms. The summed E-state index contributed by atoms with van der Waals surface area (Å²) < 4.78 is 8.25. The molecule has 1 aliphatic heterocycles. The highest BCUT2D eigenvalue weighted by Gasteiger charge is 2.21.